The molecule has 3 N–H and O–H groups in total. The number of rotatable bonds is 3. The highest BCUT2D eigenvalue weighted by molar-refractivity contribution is 7.98. The fourth-order valence-corrected chi connectivity index (χ4v) is 2.56. The van der Waals surface area contributed by atoms with Gasteiger partial charge in [-0.25, -0.2) is 0 Å². The first-order valence-corrected chi connectivity index (χ1v) is 6.41. The van der Waals surface area contributed by atoms with Crippen molar-refractivity contribution < 1.29 is 5.11 Å². The van der Waals surface area contributed by atoms with Crippen molar-refractivity contribution in [3.05, 3.63) is 53.6 Å². The molecule has 0 aliphatic carbocycles. The van der Waals surface area contributed by atoms with E-state index in [4.69, 9.17) is 5.73 Å². The average Bonchev–Trinajstić information content (AvgIpc) is 2.33. The van der Waals surface area contributed by atoms with E-state index in [1.54, 1.807) is 23.9 Å². The third-order valence-electron chi connectivity index (χ3n) is 2.66. The Bertz CT molecular complexity index is 508. The zero-order chi connectivity index (χ0) is 12.3. The van der Waals surface area contributed by atoms with Gasteiger partial charge in [0, 0.05) is 16.3 Å². The van der Waals surface area contributed by atoms with Crippen LogP contribution in [0.2, 0.25) is 0 Å². The second-order valence-electron chi connectivity index (χ2n) is 3.93. The van der Waals surface area contributed by atoms with E-state index >= 15 is 0 Å². The molecule has 2 rings (SSSR count). The van der Waals surface area contributed by atoms with Gasteiger partial charge in [-0.05, 0) is 42.3 Å². The molecule has 0 fully saturated rings. The number of nitrogen functional groups attached to an aromatic ring is 1. The molecule has 0 aromatic heterocycles. The third-order valence-corrected chi connectivity index (χ3v) is 3.89. The molecule has 0 saturated carbocycles. The fraction of sp³-hybridized carbons (Fsp3) is 0.143. The van der Waals surface area contributed by atoms with Gasteiger partial charge in [-0.3, -0.25) is 0 Å². The SMILES string of the molecule is Cc1c(N)cccc1SCc1ccc(O)cc1. The van der Waals surface area contributed by atoms with E-state index in [1.807, 2.05) is 31.2 Å². The molecular weight excluding hydrogens is 230 g/mol. The monoisotopic (exact) mass is 245 g/mol. The van der Waals surface area contributed by atoms with Crippen molar-refractivity contribution in [3.8, 4) is 5.75 Å². The maximum absolute atomic E-state index is 9.20. The van der Waals surface area contributed by atoms with Crippen LogP contribution < -0.4 is 5.73 Å². The molecule has 17 heavy (non-hydrogen) atoms. The van der Waals surface area contributed by atoms with Gasteiger partial charge in [-0.2, -0.15) is 0 Å². The van der Waals surface area contributed by atoms with E-state index in [-0.39, 0.29) is 0 Å². The number of phenolic OH excluding ortho intramolecular Hbond substituents is 1. The molecule has 3 heteroatoms. The van der Waals surface area contributed by atoms with Crippen molar-refractivity contribution in [2.45, 2.75) is 17.6 Å². The fourth-order valence-electron chi connectivity index (χ4n) is 1.54. The number of hydrogen-bond donors (Lipinski definition) is 2. The first-order chi connectivity index (χ1) is 8.16. The van der Waals surface area contributed by atoms with Crippen LogP contribution in [-0.2, 0) is 5.75 Å². The summed E-state index contributed by atoms with van der Waals surface area (Å²) in [5.74, 6) is 1.18. The minimum atomic E-state index is 0.305. The van der Waals surface area contributed by atoms with Crippen LogP contribution in [-0.4, -0.2) is 5.11 Å². The minimum absolute atomic E-state index is 0.305. The highest BCUT2D eigenvalue weighted by Gasteiger charge is 2.02. The highest BCUT2D eigenvalue weighted by atomic mass is 32.2. The summed E-state index contributed by atoms with van der Waals surface area (Å²) in [7, 11) is 0. The van der Waals surface area contributed by atoms with Crippen molar-refractivity contribution in [1.82, 2.24) is 0 Å². The van der Waals surface area contributed by atoms with E-state index in [1.165, 1.54) is 10.5 Å². The van der Waals surface area contributed by atoms with E-state index < -0.39 is 0 Å². The van der Waals surface area contributed by atoms with Crippen LogP contribution in [0.25, 0.3) is 0 Å². The summed E-state index contributed by atoms with van der Waals surface area (Å²) in [4.78, 5) is 1.21. The zero-order valence-electron chi connectivity index (χ0n) is 9.68. The molecule has 0 aliphatic rings. The normalized spacial score (nSPS) is 10.4. The van der Waals surface area contributed by atoms with Gasteiger partial charge in [0.25, 0.3) is 0 Å². The summed E-state index contributed by atoms with van der Waals surface area (Å²) < 4.78 is 0. The summed E-state index contributed by atoms with van der Waals surface area (Å²) in [6.07, 6.45) is 0. The summed E-state index contributed by atoms with van der Waals surface area (Å²) >= 11 is 1.76. The maximum Gasteiger partial charge on any atom is 0.115 e. The van der Waals surface area contributed by atoms with E-state index in [0.717, 1.165) is 17.0 Å². The predicted octanol–water partition coefficient (Wildman–Crippen LogP) is 3.58. The average molecular weight is 245 g/mol. The van der Waals surface area contributed by atoms with Crippen molar-refractivity contribution in [2.75, 3.05) is 5.73 Å². The number of aromatic hydroxyl groups is 1. The number of phenols is 1. The van der Waals surface area contributed by atoms with E-state index in [9.17, 15) is 5.11 Å². The molecule has 88 valence electrons. The molecule has 2 aromatic carbocycles. The number of benzene rings is 2. The van der Waals surface area contributed by atoms with Gasteiger partial charge in [-0.15, -0.1) is 11.8 Å². The summed E-state index contributed by atoms with van der Waals surface area (Å²) in [6.45, 7) is 2.04. The molecule has 0 amide bonds. The first-order valence-electron chi connectivity index (χ1n) is 5.42. The van der Waals surface area contributed by atoms with Gasteiger partial charge in [0.1, 0.15) is 5.75 Å². The second-order valence-corrected chi connectivity index (χ2v) is 4.94. The Hall–Kier alpha value is -1.61. The molecule has 0 aliphatic heterocycles. The number of thioether (sulfide) groups is 1. The van der Waals surface area contributed by atoms with Crippen molar-refractivity contribution in [1.29, 1.82) is 0 Å². The Kier molecular flexibility index (Phi) is 3.59. The lowest BCUT2D eigenvalue weighted by atomic mass is 10.2. The molecule has 0 unspecified atom stereocenters. The van der Waals surface area contributed by atoms with Crippen LogP contribution in [0.4, 0.5) is 5.69 Å². The van der Waals surface area contributed by atoms with Gasteiger partial charge in [0.2, 0.25) is 0 Å². The molecular formula is C14H15NOS. The number of nitrogens with two attached hydrogens (primary N) is 1. The van der Waals surface area contributed by atoms with Crippen LogP contribution in [0.1, 0.15) is 11.1 Å². The Labute approximate surface area is 105 Å². The molecule has 0 heterocycles. The molecule has 0 bridgehead atoms. The second kappa shape index (κ2) is 5.15. The lowest BCUT2D eigenvalue weighted by Crippen LogP contribution is -1.91. The van der Waals surface area contributed by atoms with Crippen molar-refractivity contribution in [2.24, 2.45) is 0 Å². The van der Waals surface area contributed by atoms with Gasteiger partial charge >= 0.3 is 0 Å². The lowest BCUT2D eigenvalue weighted by Gasteiger charge is -2.07. The largest absolute Gasteiger partial charge is 0.508 e. The number of hydrogen-bond acceptors (Lipinski definition) is 3. The first kappa shape index (κ1) is 11.9. The molecule has 0 spiro atoms. The van der Waals surface area contributed by atoms with Crippen molar-refractivity contribution >= 4 is 17.4 Å². The Morgan fingerprint density at radius 3 is 2.53 bits per heavy atom. The Balaban J connectivity index is 2.07. The molecule has 2 nitrogen and oxygen atoms in total. The van der Waals surface area contributed by atoms with Crippen LogP contribution in [0, 0.1) is 6.92 Å². The van der Waals surface area contributed by atoms with Crippen LogP contribution in [0.5, 0.6) is 5.75 Å². The van der Waals surface area contributed by atoms with Crippen LogP contribution in [0.15, 0.2) is 47.4 Å². The van der Waals surface area contributed by atoms with Crippen LogP contribution >= 0.6 is 11.8 Å². The Morgan fingerprint density at radius 1 is 1.12 bits per heavy atom. The maximum atomic E-state index is 9.20. The summed E-state index contributed by atoms with van der Waals surface area (Å²) in [6, 6.07) is 13.3. The van der Waals surface area contributed by atoms with Gasteiger partial charge < -0.3 is 10.8 Å². The molecule has 2 aromatic rings. The third kappa shape index (κ3) is 2.94. The minimum Gasteiger partial charge on any atom is -0.508 e. The highest BCUT2D eigenvalue weighted by Crippen LogP contribution is 2.29. The quantitative estimate of drug-likeness (QED) is 0.642. The molecule has 0 radical (unpaired) electrons. The van der Waals surface area contributed by atoms with Gasteiger partial charge in [0.15, 0.2) is 0 Å². The molecule has 0 saturated heterocycles. The predicted molar refractivity (Wildman–Crippen MR) is 73.3 cm³/mol. The zero-order valence-corrected chi connectivity index (χ0v) is 10.5. The Morgan fingerprint density at radius 2 is 1.82 bits per heavy atom. The van der Waals surface area contributed by atoms with E-state index in [0.29, 0.717) is 5.75 Å². The molecule has 0 atom stereocenters. The standard InChI is InChI=1S/C14H15NOS/c1-10-13(15)3-2-4-14(10)17-9-11-5-7-12(16)8-6-11/h2-8,16H,9,15H2,1H3. The van der Waals surface area contributed by atoms with Gasteiger partial charge in [0.05, 0.1) is 0 Å². The van der Waals surface area contributed by atoms with E-state index in [2.05, 4.69) is 6.07 Å². The summed E-state index contributed by atoms with van der Waals surface area (Å²) in [5.41, 5.74) is 9.02. The smallest absolute Gasteiger partial charge is 0.115 e. The van der Waals surface area contributed by atoms with Crippen molar-refractivity contribution in [3.63, 3.8) is 0 Å². The topological polar surface area (TPSA) is 46.2 Å². The number of anilines is 1. The van der Waals surface area contributed by atoms with Gasteiger partial charge in [-0.1, -0.05) is 18.2 Å². The summed E-state index contributed by atoms with van der Waals surface area (Å²) in [5, 5.41) is 9.20. The van der Waals surface area contributed by atoms with Crippen LogP contribution in [0.3, 0.4) is 0 Å². The lowest BCUT2D eigenvalue weighted by molar-refractivity contribution is 0.475.